The molecule has 2 bridgehead atoms. The predicted molar refractivity (Wildman–Crippen MR) is 87.4 cm³/mol. The first-order valence-electron chi connectivity index (χ1n) is 7.80. The van der Waals surface area contributed by atoms with Gasteiger partial charge in [0.1, 0.15) is 0 Å². The Morgan fingerprint density at radius 3 is 2.70 bits per heavy atom. The van der Waals surface area contributed by atoms with E-state index in [0.717, 1.165) is 29.4 Å². The van der Waals surface area contributed by atoms with Crippen molar-refractivity contribution in [3.63, 3.8) is 0 Å². The van der Waals surface area contributed by atoms with Crippen LogP contribution in [0.2, 0.25) is 0 Å². The summed E-state index contributed by atoms with van der Waals surface area (Å²) in [5.41, 5.74) is 1.27. The van der Waals surface area contributed by atoms with Gasteiger partial charge >= 0.3 is 0 Å². The lowest BCUT2D eigenvalue weighted by molar-refractivity contribution is 0.278. The van der Waals surface area contributed by atoms with Gasteiger partial charge in [-0.1, -0.05) is 36.8 Å². The molecule has 1 aromatic carbocycles. The first kappa shape index (κ1) is 13.9. The zero-order valence-corrected chi connectivity index (χ0v) is 13.0. The van der Waals surface area contributed by atoms with Gasteiger partial charge in [-0.25, -0.2) is 0 Å². The molecule has 0 amide bonds. The maximum absolute atomic E-state index is 5.43. The van der Waals surface area contributed by atoms with Gasteiger partial charge in [-0.3, -0.25) is 0 Å². The molecule has 2 saturated carbocycles. The molecule has 2 fully saturated rings. The fourth-order valence-corrected chi connectivity index (χ4v) is 4.31. The van der Waals surface area contributed by atoms with Crippen LogP contribution in [-0.4, -0.2) is 11.2 Å². The fraction of sp³-hybridized carbons (Fsp3) is 0.588. The molecule has 0 spiro atoms. The Balaban J connectivity index is 1.44. The van der Waals surface area contributed by atoms with Crippen molar-refractivity contribution < 1.29 is 0 Å². The quantitative estimate of drug-likeness (QED) is 0.830. The molecule has 3 heteroatoms. The lowest BCUT2D eigenvalue weighted by atomic mass is 9.84. The summed E-state index contributed by atoms with van der Waals surface area (Å²) in [5.74, 6) is 2.77. The number of nitrogens with one attached hydrogen (secondary N) is 2. The van der Waals surface area contributed by atoms with Crippen LogP contribution in [0.1, 0.15) is 38.2 Å². The van der Waals surface area contributed by atoms with Crippen molar-refractivity contribution in [3.05, 3.63) is 35.9 Å². The molecule has 2 aliphatic carbocycles. The lowest BCUT2D eigenvalue weighted by Gasteiger charge is -2.29. The van der Waals surface area contributed by atoms with Crippen LogP contribution in [0.3, 0.4) is 0 Å². The molecule has 0 heterocycles. The third-order valence-electron chi connectivity index (χ3n) is 5.09. The average Bonchev–Trinajstić information content (AvgIpc) is 3.09. The third-order valence-corrected chi connectivity index (χ3v) is 5.35. The highest BCUT2D eigenvalue weighted by Gasteiger charge is 2.41. The first-order chi connectivity index (χ1) is 9.72. The van der Waals surface area contributed by atoms with Gasteiger partial charge in [0, 0.05) is 12.6 Å². The van der Waals surface area contributed by atoms with Crippen molar-refractivity contribution >= 4 is 17.3 Å². The zero-order chi connectivity index (χ0) is 13.9. The number of fused-ring (bicyclic) bond motifs is 2. The minimum absolute atomic E-state index is 0.501. The summed E-state index contributed by atoms with van der Waals surface area (Å²) in [7, 11) is 0. The minimum atomic E-state index is 0.501. The minimum Gasteiger partial charge on any atom is -0.360 e. The summed E-state index contributed by atoms with van der Waals surface area (Å²) >= 11 is 5.43. The summed E-state index contributed by atoms with van der Waals surface area (Å²) in [4.78, 5) is 0. The van der Waals surface area contributed by atoms with Crippen molar-refractivity contribution in [2.75, 3.05) is 0 Å². The number of thiocarbonyl (C=S) groups is 1. The van der Waals surface area contributed by atoms with E-state index >= 15 is 0 Å². The van der Waals surface area contributed by atoms with Crippen molar-refractivity contribution in [2.24, 2.45) is 17.8 Å². The van der Waals surface area contributed by atoms with Crippen LogP contribution in [0.15, 0.2) is 30.3 Å². The fourth-order valence-electron chi connectivity index (χ4n) is 4.05. The Morgan fingerprint density at radius 1 is 1.25 bits per heavy atom. The summed E-state index contributed by atoms with van der Waals surface area (Å²) in [6, 6.07) is 10.9. The van der Waals surface area contributed by atoms with Gasteiger partial charge in [-0.05, 0) is 61.7 Å². The van der Waals surface area contributed by atoms with Gasteiger partial charge in [0.05, 0.1) is 0 Å². The molecule has 2 N–H and O–H groups in total. The molecule has 0 aliphatic heterocycles. The van der Waals surface area contributed by atoms with Crippen LogP contribution in [0.25, 0.3) is 0 Å². The molecule has 0 saturated heterocycles. The molecule has 4 unspecified atom stereocenters. The molecule has 0 radical (unpaired) electrons. The first-order valence-corrected chi connectivity index (χ1v) is 8.21. The SMILES string of the molecule is CC(NC(=S)NCc1ccccc1)C1CC2CCC1C2. The van der Waals surface area contributed by atoms with Gasteiger partial charge in [0.25, 0.3) is 0 Å². The van der Waals surface area contributed by atoms with Crippen molar-refractivity contribution in [1.29, 1.82) is 0 Å². The van der Waals surface area contributed by atoms with Crippen molar-refractivity contribution in [3.8, 4) is 0 Å². The van der Waals surface area contributed by atoms with Gasteiger partial charge in [0.15, 0.2) is 5.11 Å². The van der Waals surface area contributed by atoms with Crippen LogP contribution in [0.5, 0.6) is 0 Å². The predicted octanol–water partition coefficient (Wildman–Crippen LogP) is 3.48. The van der Waals surface area contributed by atoms with Crippen molar-refractivity contribution in [1.82, 2.24) is 10.6 Å². The highest BCUT2D eigenvalue weighted by Crippen LogP contribution is 2.49. The van der Waals surface area contributed by atoms with Gasteiger partial charge in [0.2, 0.25) is 0 Å². The van der Waals surface area contributed by atoms with E-state index in [4.69, 9.17) is 12.2 Å². The van der Waals surface area contributed by atoms with Gasteiger partial charge in [-0.15, -0.1) is 0 Å². The van der Waals surface area contributed by atoms with E-state index in [0.29, 0.717) is 6.04 Å². The maximum atomic E-state index is 5.43. The van der Waals surface area contributed by atoms with Crippen LogP contribution in [0, 0.1) is 17.8 Å². The Bertz CT molecular complexity index is 459. The summed E-state index contributed by atoms with van der Waals surface area (Å²) in [6.07, 6.45) is 5.76. The van der Waals surface area contributed by atoms with Crippen LogP contribution < -0.4 is 10.6 Å². The lowest BCUT2D eigenvalue weighted by Crippen LogP contribution is -2.44. The van der Waals surface area contributed by atoms with E-state index in [1.165, 1.54) is 31.2 Å². The third kappa shape index (κ3) is 3.14. The largest absolute Gasteiger partial charge is 0.360 e. The van der Waals surface area contributed by atoms with Crippen molar-refractivity contribution in [2.45, 2.75) is 45.2 Å². The Morgan fingerprint density at radius 2 is 2.05 bits per heavy atom. The normalized spacial score (nSPS) is 29.1. The second-order valence-electron chi connectivity index (χ2n) is 6.44. The number of benzene rings is 1. The molecule has 20 heavy (non-hydrogen) atoms. The van der Waals surface area contributed by atoms with Crippen LogP contribution in [0.4, 0.5) is 0 Å². The summed E-state index contributed by atoms with van der Waals surface area (Å²) in [5, 5.41) is 7.61. The topological polar surface area (TPSA) is 24.1 Å². The molecule has 1 aromatic rings. The number of hydrogen-bond donors (Lipinski definition) is 2. The molecular formula is C17H24N2S. The highest BCUT2D eigenvalue weighted by molar-refractivity contribution is 7.80. The zero-order valence-electron chi connectivity index (χ0n) is 12.1. The number of rotatable bonds is 4. The van der Waals surface area contributed by atoms with E-state index < -0.39 is 0 Å². The Labute approximate surface area is 127 Å². The van der Waals surface area contributed by atoms with Crippen LogP contribution in [-0.2, 0) is 6.54 Å². The van der Waals surface area contributed by atoms with E-state index in [1.807, 2.05) is 6.07 Å². The van der Waals surface area contributed by atoms with Crippen LogP contribution >= 0.6 is 12.2 Å². The Hall–Kier alpha value is -1.09. The Kier molecular flexibility index (Phi) is 4.25. The molecule has 4 atom stereocenters. The molecule has 0 aromatic heterocycles. The summed E-state index contributed by atoms with van der Waals surface area (Å²) < 4.78 is 0. The second kappa shape index (κ2) is 6.13. The van der Waals surface area contributed by atoms with E-state index in [9.17, 15) is 0 Å². The maximum Gasteiger partial charge on any atom is 0.166 e. The van der Waals surface area contributed by atoms with E-state index in [1.54, 1.807) is 0 Å². The summed E-state index contributed by atoms with van der Waals surface area (Å²) in [6.45, 7) is 3.10. The number of hydrogen-bond acceptors (Lipinski definition) is 1. The van der Waals surface area contributed by atoms with E-state index in [-0.39, 0.29) is 0 Å². The molecular weight excluding hydrogens is 264 g/mol. The average molecular weight is 288 g/mol. The smallest absolute Gasteiger partial charge is 0.166 e. The van der Waals surface area contributed by atoms with E-state index in [2.05, 4.69) is 41.8 Å². The van der Waals surface area contributed by atoms with Gasteiger partial charge < -0.3 is 10.6 Å². The highest BCUT2D eigenvalue weighted by atomic mass is 32.1. The molecule has 2 nitrogen and oxygen atoms in total. The van der Waals surface area contributed by atoms with Gasteiger partial charge in [-0.2, -0.15) is 0 Å². The monoisotopic (exact) mass is 288 g/mol. The standard InChI is InChI=1S/C17H24N2S/c1-12(16-10-14-7-8-15(16)9-14)19-17(20)18-11-13-5-3-2-4-6-13/h2-6,12,14-16H,7-11H2,1H3,(H2,18,19,20). The second-order valence-corrected chi connectivity index (χ2v) is 6.85. The molecule has 108 valence electrons. The molecule has 3 rings (SSSR count). The molecule has 2 aliphatic rings.